The maximum absolute atomic E-state index is 13.4. The Hall–Kier alpha value is -3.24. The summed E-state index contributed by atoms with van der Waals surface area (Å²) in [6, 6.07) is 10.5. The van der Waals surface area contributed by atoms with E-state index in [1.54, 1.807) is 24.3 Å². The normalized spacial score (nSPS) is 31.2. The third-order valence-electron chi connectivity index (χ3n) is 6.55. The number of carbonyl (C=O) groups excluding carboxylic acids is 3. The van der Waals surface area contributed by atoms with Gasteiger partial charge >= 0.3 is 0 Å². The van der Waals surface area contributed by atoms with Gasteiger partial charge in [0.05, 0.1) is 11.4 Å². The summed E-state index contributed by atoms with van der Waals surface area (Å²) in [7, 11) is 1.11. The van der Waals surface area contributed by atoms with Gasteiger partial charge < -0.3 is 20.3 Å². The smallest absolute Gasteiger partial charge is 0.286 e. The summed E-state index contributed by atoms with van der Waals surface area (Å²) >= 11 is 6.12. The number of para-hydroxylation sites is 1. The van der Waals surface area contributed by atoms with Crippen LogP contribution < -0.4 is 4.90 Å². The molecule has 1 fully saturated rings. The fourth-order valence-electron chi connectivity index (χ4n) is 5.17. The van der Waals surface area contributed by atoms with E-state index in [1.165, 1.54) is 18.2 Å². The molecule has 4 heterocycles. The van der Waals surface area contributed by atoms with Crippen molar-refractivity contribution in [2.45, 2.75) is 17.1 Å². The van der Waals surface area contributed by atoms with Crippen LogP contribution in [0.2, 0.25) is 5.02 Å². The second-order valence-corrected chi connectivity index (χ2v) is 8.41. The van der Waals surface area contributed by atoms with Gasteiger partial charge in [0.1, 0.15) is 0 Å². The minimum Gasteiger partial charge on any atom is -0.371 e. The van der Waals surface area contributed by atoms with E-state index in [9.17, 15) is 29.7 Å². The zero-order valence-electron chi connectivity index (χ0n) is 15.9. The molecule has 9 nitrogen and oxygen atoms in total. The van der Waals surface area contributed by atoms with Gasteiger partial charge in [0, 0.05) is 34.1 Å². The molecule has 4 N–H and O–H groups in total. The molecular formula is C21H14ClN3O6. The first kappa shape index (κ1) is 18.5. The maximum atomic E-state index is 13.4. The van der Waals surface area contributed by atoms with Crippen LogP contribution in [-0.4, -0.2) is 55.6 Å². The lowest BCUT2D eigenvalue weighted by Gasteiger charge is -2.51. The van der Waals surface area contributed by atoms with Crippen LogP contribution in [0, 0.1) is 0 Å². The van der Waals surface area contributed by atoms with E-state index in [0.717, 1.165) is 11.9 Å². The molecule has 2 aromatic carbocycles. The molecule has 1 aromatic heterocycles. The van der Waals surface area contributed by atoms with Gasteiger partial charge in [0.2, 0.25) is 17.1 Å². The molecule has 10 heteroatoms. The van der Waals surface area contributed by atoms with Crippen molar-refractivity contribution in [1.29, 1.82) is 0 Å². The lowest BCUT2D eigenvalue weighted by molar-refractivity contribution is -0.184. The van der Waals surface area contributed by atoms with Gasteiger partial charge in [-0.25, -0.2) is 0 Å². The molecule has 2 amide bonds. The Morgan fingerprint density at radius 1 is 1.00 bits per heavy atom. The van der Waals surface area contributed by atoms with Crippen molar-refractivity contribution >= 4 is 45.8 Å². The van der Waals surface area contributed by atoms with Gasteiger partial charge in [0.25, 0.3) is 17.5 Å². The predicted octanol–water partition coefficient (Wildman–Crippen LogP) is 0.558. The highest BCUT2D eigenvalue weighted by atomic mass is 35.5. The minimum absolute atomic E-state index is 0.00899. The fourth-order valence-corrected chi connectivity index (χ4v) is 5.34. The van der Waals surface area contributed by atoms with Crippen molar-refractivity contribution in [3.05, 3.63) is 64.3 Å². The van der Waals surface area contributed by atoms with Crippen LogP contribution in [0.1, 0.15) is 21.6 Å². The van der Waals surface area contributed by atoms with Crippen LogP contribution in [-0.2, 0) is 20.9 Å². The van der Waals surface area contributed by atoms with E-state index in [1.807, 2.05) is 0 Å². The monoisotopic (exact) mass is 439 g/mol. The van der Waals surface area contributed by atoms with Crippen molar-refractivity contribution in [2.24, 2.45) is 0 Å². The maximum Gasteiger partial charge on any atom is 0.286 e. The standard InChI is InChI=1S/C21H14ClN3O6/c1-24-17(27)19(29)14-11-8-9(22)6-7-12(11)23-15(14)20(30)16(26)10-4-2-3-5-13(10)25(20)21(19,31)18(24)28/h2-8,23,29-31H,1H3/t19-,20+,21+/m1/s1. The van der Waals surface area contributed by atoms with Crippen LogP contribution in [0.3, 0.4) is 0 Å². The van der Waals surface area contributed by atoms with Crippen LogP contribution in [0.25, 0.3) is 10.9 Å². The van der Waals surface area contributed by atoms with Crippen LogP contribution >= 0.6 is 11.6 Å². The number of carbonyl (C=O) groups is 3. The van der Waals surface area contributed by atoms with E-state index in [4.69, 9.17) is 11.6 Å². The minimum atomic E-state index is -2.99. The molecule has 3 aliphatic heterocycles. The number of aliphatic hydroxyl groups is 3. The summed E-state index contributed by atoms with van der Waals surface area (Å²) in [6.45, 7) is 0. The lowest BCUT2D eigenvalue weighted by atomic mass is 9.75. The number of nitrogens with zero attached hydrogens (tertiary/aromatic N) is 2. The number of aromatic nitrogens is 1. The number of hydrogen-bond acceptors (Lipinski definition) is 7. The van der Waals surface area contributed by atoms with E-state index in [0.29, 0.717) is 10.4 Å². The first-order chi connectivity index (χ1) is 14.6. The topological polar surface area (TPSA) is 134 Å². The van der Waals surface area contributed by atoms with Crippen molar-refractivity contribution in [3.63, 3.8) is 0 Å². The number of anilines is 1. The highest BCUT2D eigenvalue weighted by Gasteiger charge is 2.81. The average molecular weight is 440 g/mol. The van der Waals surface area contributed by atoms with Gasteiger partial charge in [-0.3, -0.25) is 24.2 Å². The number of imide groups is 1. The number of fused-ring (bicyclic) bond motifs is 10. The van der Waals surface area contributed by atoms with Gasteiger partial charge in [-0.1, -0.05) is 23.7 Å². The Kier molecular flexibility index (Phi) is 3.07. The summed E-state index contributed by atoms with van der Waals surface area (Å²) in [5.41, 5.74) is -8.48. The van der Waals surface area contributed by atoms with Crippen molar-refractivity contribution < 1.29 is 29.7 Å². The summed E-state index contributed by atoms with van der Waals surface area (Å²) in [4.78, 5) is 44.1. The van der Waals surface area contributed by atoms with Gasteiger partial charge in [-0.2, -0.15) is 0 Å². The summed E-state index contributed by atoms with van der Waals surface area (Å²) in [5, 5.41) is 35.8. The number of likely N-dealkylation sites (N-methyl/N-ethyl adjacent to an activating group) is 1. The number of benzene rings is 2. The number of halogens is 1. The second-order valence-electron chi connectivity index (χ2n) is 7.97. The molecule has 3 atom stereocenters. The molecule has 1 saturated heterocycles. The molecule has 0 bridgehead atoms. The molecule has 3 aromatic rings. The Labute approximate surface area is 179 Å². The number of Topliss-reactive ketones (excluding diaryl/α,β-unsaturated/α-hetero) is 1. The highest BCUT2D eigenvalue weighted by Crippen LogP contribution is 2.60. The number of aromatic amines is 1. The van der Waals surface area contributed by atoms with Crippen molar-refractivity contribution in [3.8, 4) is 0 Å². The average Bonchev–Trinajstić information content (AvgIpc) is 3.29. The highest BCUT2D eigenvalue weighted by molar-refractivity contribution is 6.31. The number of hydrogen-bond donors (Lipinski definition) is 4. The van der Waals surface area contributed by atoms with Crippen LogP contribution in [0.5, 0.6) is 0 Å². The zero-order chi connectivity index (χ0) is 22.1. The molecule has 0 spiro atoms. The predicted molar refractivity (Wildman–Crippen MR) is 107 cm³/mol. The molecular weight excluding hydrogens is 426 g/mol. The molecule has 0 saturated carbocycles. The van der Waals surface area contributed by atoms with Gasteiger partial charge in [0.15, 0.2) is 0 Å². The first-order valence-electron chi connectivity index (χ1n) is 9.35. The number of H-pyrrole nitrogens is 1. The Balaban J connectivity index is 1.86. The van der Waals surface area contributed by atoms with Crippen LogP contribution in [0.4, 0.5) is 5.69 Å². The number of ketones is 1. The van der Waals surface area contributed by atoms with Crippen LogP contribution in [0.15, 0.2) is 42.5 Å². The number of likely N-dealkylation sites (tertiary alicyclic amines) is 1. The van der Waals surface area contributed by atoms with E-state index < -0.39 is 34.6 Å². The zero-order valence-corrected chi connectivity index (χ0v) is 16.6. The van der Waals surface area contributed by atoms with E-state index >= 15 is 0 Å². The van der Waals surface area contributed by atoms with Gasteiger partial charge in [-0.05, 0) is 30.3 Å². The molecule has 0 radical (unpaired) electrons. The second kappa shape index (κ2) is 5.14. The third kappa shape index (κ3) is 1.65. The quantitative estimate of drug-likeness (QED) is 0.376. The number of nitrogens with one attached hydrogen (secondary N) is 1. The summed E-state index contributed by atoms with van der Waals surface area (Å²) in [6.07, 6.45) is 0. The largest absolute Gasteiger partial charge is 0.371 e. The van der Waals surface area contributed by atoms with E-state index in [-0.39, 0.29) is 32.9 Å². The first-order valence-corrected chi connectivity index (χ1v) is 9.73. The molecule has 0 aliphatic carbocycles. The third-order valence-corrected chi connectivity index (χ3v) is 6.78. The molecule has 6 rings (SSSR count). The molecule has 156 valence electrons. The molecule has 3 aliphatic rings. The van der Waals surface area contributed by atoms with Crippen molar-refractivity contribution in [2.75, 3.05) is 11.9 Å². The summed E-state index contributed by atoms with van der Waals surface area (Å²) in [5.74, 6) is -3.08. The number of rotatable bonds is 0. The van der Waals surface area contributed by atoms with E-state index in [2.05, 4.69) is 4.98 Å². The fraction of sp³-hybridized carbons (Fsp3) is 0.190. The Morgan fingerprint density at radius 3 is 2.45 bits per heavy atom. The van der Waals surface area contributed by atoms with Gasteiger partial charge in [-0.15, -0.1) is 0 Å². The number of amides is 2. The lowest BCUT2D eigenvalue weighted by Crippen LogP contribution is -2.74. The Morgan fingerprint density at radius 2 is 1.71 bits per heavy atom. The summed E-state index contributed by atoms with van der Waals surface area (Å²) < 4.78 is 0. The molecule has 0 unspecified atom stereocenters. The molecule has 31 heavy (non-hydrogen) atoms. The SMILES string of the molecule is CN1C(=O)[C@@]2(O)N3c4ccccc4C(=O)[C@@]3(O)c3[nH]c4ccc(Cl)cc4c3[C@@]2(O)C1=O. The van der Waals surface area contributed by atoms with Crippen molar-refractivity contribution in [1.82, 2.24) is 9.88 Å². The Bertz CT molecular complexity index is 1400.